The zero-order valence-corrected chi connectivity index (χ0v) is 25.5. The van der Waals surface area contributed by atoms with Gasteiger partial charge in [0.2, 0.25) is 21.8 Å². The fourth-order valence-corrected chi connectivity index (χ4v) is 5.56. The van der Waals surface area contributed by atoms with Crippen molar-refractivity contribution < 1.29 is 18.0 Å². The number of sulfonamides is 1. The van der Waals surface area contributed by atoms with Crippen LogP contribution in [-0.2, 0) is 32.6 Å². The standard InChI is InChI=1S/C30H35Cl2N3O4S/c1-5-15-33-30(37)28(18-23-9-7-6-8-10-23)34(19-24-13-14-25(31)26(32)17-24)29(36)20-35(40(4,38)39)27-16-21(2)11-12-22(27)3/h6-14,16-17,28H,5,15,18-20H2,1-4H3,(H,33,37)/t28-/m0/s1. The van der Waals surface area contributed by atoms with Crippen molar-refractivity contribution >= 4 is 50.7 Å². The summed E-state index contributed by atoms with van der Waals surface area (Å²) < 4.78 is 27.0. The van der Waals surface area contributed by atoms with E-state index >= 15 is 0 Å². The van der Waals surface area contributed by atoms with Gasteiger partial charge in [-0.3, -0.25) is 13.9 Å². The van der Waals surface area contributed by atoms with Gasteiger partial charge in [-0.1, -0.05) is 78.7 Å². The maximum atomic E-state index is 14.1. The summed E-state index contributed by atoms with van der Waals surface area (Å²) in [5.41, 5.74) is 3.50. The summed E-state index contributed by atoms with van der Waals surface area (Å²) in [5, 5.41) is 3.59. The number of halogens is 2. The van der Waals surface area contributed by atoms with Crippen molar-refractivity contribution in [1.82, 2.24) is 10.2 Å². The molecule has 0 saturated carbocycles. The van der Waals surface area contributed by atoms with E-state index in [0.717, 1.165) is 28.1 Å². The minimum absolute atomic E-state index is 0.0250. The minimum Gasteiger partial charge on any atom is -0.354 e. The third kappa shape index (κ3) is 8.46. The molecule has 3 rings (SSSR count). The van der Waals surface area contributed by atoms with Crippen LogP contribution < -0.4 is 9.62 Å². The highest BCUT2D eigenvalue weighted by Gasteiger charge is 2.33. The number of anilines is 1. The average molecular weight is 605 g/mol. The molecule has 3 aromatic rings. The van der Waals surface area contributed by atoms with E-state index in [1.54, 1.807) is 31.2 Å². The number of nitrogens with zero attached hydrogens (tertiary/aromatic N) is 2. The lowest BCUT2D eigenvalue weighted by Crippen LogP contribution is -2.53. The van der Waals surface area contributed by atoms with E-state index < -0.39 is 28.5 Å². The number of carbonyl (C=O) groups is 2. The zero-order chi connectivity index (χ0) is 29.4. The van der Waals surface area contributed by atoms with Crippen molar-refractivity contribution in [2.45, 2.75) is 46.2 Å². The summed E-state index contributed by atoms with van der Waals surface area (Å²) in [6, 6.07) is 18.9. The Balaban J connectivity index is 2.09. The first-order valence-corrected chi connectivity index (χ1v) is 15.6. The number of rotatable bonds is 12. The van der Waals surface area contributed by atoms with Crippen LogP contribution in [0.1, 0.15) is 35.6 Å². The fourth-order valence-electron chi connectivity index (χ4n) is 4.34. The van der Waals surface area contributed by atoms with Gasteiger partial charge < -0.3 is 10.2 Å². The van der Waals surface area contributed by atoms with E-state index in [9.17, 15) is 18.0 Å². The highest BCUT2D eigenvalue weighted by Crippen LogP contribution is 2.27. The van der Waals surface area contributed by atoms with E-state index in [4.69, 9.17) is 23.2 Å². The highest BCUT2D eigenvalue weighted by atomic mass is 35.5. The van der Waals surface area contributed by atoms with Crippen LogP contribution in [0.15, 0.2) is 66.7 Å². The van der Waals surface area contributed by atoms with Gasteiger partial charge in [-0.15, -0.1) is 0 Å². The Bertz CT molecular complexity index is 1450. The van der Waals surface area contributed by atoms with Crippen LogP contribution in [0.4, 0.5) is 5.69 Å². The maximum absolute atomic E-state index is 14.1. The van der Waals surface area contributed by atoms with Gasteiger partial charge in [0.15, 0.2) is 0 Å². The van der Waals surface area contributed by atoms with Crippen molar-refractivity contribution in [1.29, 1.82) is 0 Å². The molecular weight excluding hydrogens is 569 g/mol. The van der Waals surface area contributed by atoms with Crippen molar-refractivity contribution in [3.8, 4) is 0 Å². The van der Waals surface area contributed by atoms with Crippen molar-refractivity contribution in [3.05, 3.63) is 99.0 Å². The van der Waals surface area contributed by atoms with Gasteiger partial charge in [0.05, 0.1) is 22.0 Å². The molecule has 0 radical (unpaired) electrons. The number of nitrogens with one attached hydrogen (secondary N) is 1. The second-order valence-electron chi connectivity index (χ2n) is 9.83. The summed E-state index contributed by atoms with van der Waals surface area (Å²) >= 11 is 12.4. The lowest BCUT2D eigenvalue weighted by atomic mass is 10.0. The van der Waals surface area contributed by atoms with E-state index in [2.05, 4.69) is 5.32 Å². The highest BCUT2D eigenvalue weighted by molar-refractivity contribution is 7.92. The molecular formula is C30H35Cl2N3O4S. The number of carbonyl (C=O) groups excluding carboxylic acids is 2. The lowest BCUT2D eigenvalue weighted by molar-refractivity contribution is -0.140. The van der Waals surface area contributed by atoms with Crippen molar-refractivity contribution in [2.24, 2.45) is 0 Å². The van der Waals surface area contributed by atoms with Gasteiger partial charge in [-0.25, -0.2) is 8.42 Å². The third-order valence-corrected chi connectivity index (χ3v) is 8.34. The van der Waals surface area contributed by atoms with E-state index in [-0.39, 0.29) is 18.9 Å². The lowest BCUT2D eigenvalue weighted by Gasteiger charge is -2.34. The normalized spacial score (nSPS) is 12.1. The number of benzene rings is 3. The van der Waals surface area contributed by atoms with Crippen LogP contribution >= 0.6 is 23.2 Å². The predicted octanol–water partition coefficient (Wildman–Crippen LogP) is 5.54. The van der Waals surface area contributed by atoms with E-state index in [1.807, 2.05) is 56.3 Å². The second-order valence-corrected chi connectivity index (χ2v) is 12.5. The van der Waals surface area contributed by atoms with Crippen LogP contribution in [0, 0.1) is 13.8 Å². The summed E-state index contributed by atoms with van der Waals surface area (Å²) in [5.74, 6) is -0.846. The first-order valence-electron chi connectivity index (χ1n) is 13.0. The van der Waals surface area contributed by atoms with Crippen molar-refractivity contribution in [3.63, 3.8) is 0 Å². The van der Waals surface area contributed by atoms with Gasteiger partial charge in [0.25, 0.3) is 0 Å². The van der Waals surface area contributed by atoms with E-state index in [0.29, 0.717) is 33.4 Å². The molecule has 7 nitrogen and oxygen atoms in total. The van der Waals surface area contributed by atoms with Gasteiger partial charge in [0.1, 0.15) is 12.6 Å². The molecule has 1 N–H and O–H groups in total. The fraction of sp³-hybridized carbons (Fsp3) is 0.333. The molecule has 0 aliphatic heterocycles. The largest absolute Gasteiger partial charge is 0.354 e. The number of amides is 2. The molecule has 0 aromatic heterocycles. The molecule has 0 aliphatic rings. The van der Waals surface area contributed by atoms with Crippen molar-refractivity contribution in [2.75, 3.05) is 23.7 Å². The summed E-state index contributed by atoms with van der Waals surface area (Å²) in [7, 11) is -3.84. The zero-order valence-electron chi connectivity index (χ0n) is 23.2. The molecule has 214 valence electrons. The quantitative estimate of drug-likeness (QED) is 0.294. The van der Waals surface area contributed by atoms with Gasteiger partial charge in [-0.2, -0.15) is 0 Å². The summed E-state index contributed by atoms with van der Waals surface area (Å²) in [6.07, 6.45) is 2.03. The maximum Gasteiger partial charge on any atom is 0.244 e. The first-order chi connectivity index (χ1) is 18.9. The Morgan fingerprint density at radius 1 is 0.925 bits per heavy atom. The molecule has 0 fully saturated rings. The smallest absolute Gasteiger partial charge is 0.244 e. The molecule has 0 spiro atoms. The van der Waals surface area contributed by atoms with E-state index in [1.165, 1.54) is 4.90 Å². The van der Waals surface area contributed by atoms with Crippen LogP contribution in [0.5, 0.6) is 0 Å². The Labute approximate surface area is 247 Å². The Morgan fingerprint density at radius 3 is 2.25 bits per heavy atom. The molecule has 0 saturated heterocycles. The molecule has 3 aromatic carbocycles. The summed E-state index contributed by atoms with van der Waals surface area (Å²) in [4.78, 5) is 29.1. The summed E-state index contributed by atoms with van der Waals surface area (Å²) in [6.45, 7) is 5.58. The molecule has 0 heterocycles. The monoisotopic (exact) mass is 603 g/mol. The van der Waals surface area contributed by atoms with Crippen LogP contribution in [0.25, 0.3) is 0 Å². The first kappa shape index (κ1) is 31.5. The van der Waals surface area contributed by atoms with Crippen LogP contribution in [0.2, 0.25) is 10.0 Å². The third-order valence-electron chi connectivity index (χ3n) is 6.47. The second kappa shape index (κ2) is 14.0. The Hall–Kier alpha value is -3.07. The molecule has 40 heavy (non-hydrogen) atoms. The molecule has 0 unspecified atom stereocenters. The number of hydrogen-bond donors (Lipinski definition) is 1. The van der Waals surface area contributed by atoms with Gasteiger partial charge in [0, 0.05) is 19.5 Å². The average Bonchev–Trinajstić information content (AvgIpc) is 2.91. The van der Waals surface area contributed by atoms with Crippen LogP contribution in [0.3, 0.4) is 0 Å². The molecule has 0 aliphatic carbocycles. The Kier molecular flexibility index (Phi) is 11.0. The Morgan fingerprint density at radius 2 is 1.62 bits per heavy atom. The topological polar surface area (TPSA) is 86.8 Å². The van der Waals surface area contributed by atoms with Crippen LogP contribution in [-0.4, -0.2) is 50.5 Å². The number of aryl methyl sites for hydroxylation is 2. The predicted molar refractivity (Wildman–Crippen MR) is 162 cm³/mol. The SMILES string of the molecule is CCCNC(=O)[C@H](Cc1ccccc1)N(Cc1ccc(Cl)c(Cl)c1)C(=O)CN(c1cc(C)ccc1C)S(C)(=O)=O. The van der Waals surface area contributed by atoms with Gasteiger partial charge >= 0.3 is 0 Å². The molecule has 2 amide bonds. The molecule has 10 heteroatoms. The molecule has 1 atom stereocenters. The number of hydrogen-bond acceptors (Lipinski definition) is 4. The van der Waals surface area contributed by atoms with Gasteiger partial charge in [-0.05, 0) is 60.7 Å². The molecule has 0 bridgehead atoms. The minimum atomic E-state index is -3.84.